The van der Waals surface area contributed by atoms with Gasteiger partial charge in [0.25, 0.3) is 0 Å². The number of esters is 3. The molecule has 4 heterocycles. The van der Waals surface area contributed by atoms with E-state index in [1.54, 1.807) is 96.1 Å². The number of pyridine rings is 1. The van der Waals surface area contributed by atoms with Crippen LogP contribution in [-0.4, -0.2) is 156 Å². The molecule has 0 unspecified atom stereocenters. The van der Waals surface area contributed by atoms with Gasteiger partial charge in [0.1, 0.15) is 48.1 Å². The van der Waals surface area contributed by atoms with Gasteiger partial charge in [0.15, 0.2) is 18.7 Å². The number of methoxy groups -OCH3 is 1. The summed E-state index contributed by atoms with van der Waals surface area (Å²) in [7, 11) is 4.84. The lowest BCUT2D eigenvalue weighted by atomic mass is 9.82. The summed E-state index contributed by atoms with van der Waals surface area (Å²) in [6, 6.07) is 9.67. The highest BCUT2D eigenvalue weighted by Crippen LogP contribution is 2.38. The van der Waals surface area contributed by atoms with Crippen LogP contribution in [0, 0.1) is 11.8 Å². The van der Waals surface area contributed by atoms with Crippen LogP contribution in [0.3, 0.4) is 0 Å². The molecule has 360 valence electrons. The van der Waals surface area contributed by atoms with Crippen molar-refractivity contribution in [2.24, 2.45) is 11.8 Å². The van der Waals surface area contributed by atoms with Crippen molar-refractivity contribution >= 4 is 35.1 Å². The molecule has 17 heteroatoms. The van der Waals surface area contributed by atoms with Gasteiger partial charge in [0.05, 0.1) is 42.4 Å². The Hall–Kier alpha value is -4.17. The van der Waals surface area contributed by atoms with Crippen molar-refractivity contribution in [3.63, 3.8) is 0 Å². The summed E-state index contributed by atoms with van der Waals surface area (Å²) in [5, 5.41) is 35.7. The molecule has 16 atom stereocenters. The predicted octanol–water partition coefficient (Wildman–Crippen LogP) is 4.22. The average molecular weight is 913 g/mol. The van der Waals surface area contributed by atoms with Crippen LogP contribution in [-0.2, 0) is 52.3 Å². The molecule has 17 nitrogen and oxygen atoms in total. The molecule has 1 aromatic heterocycles. The lowest BCUT2D eigenvalue weighted by Gasteiger charge is -2.50. The highest BCUT2D eigenvalue weighted by atomic mass is 16.7. The number of allylic oxidation sites excluding steroid dienone is 2. The van der Waals surface area contributed by atoms with Crippen molar-refractivity contribution in [2.45, 2.75) is 165 Å². The Labute approximate surface area is 381 Å². The number of carbonyl (C=O) groups excluding carboxylic acids is 4. The first-order valence-corrected chi connectivity index (χ1v) is 22.5. The summed E-state index contributed by atoms with van der Waals surface area (Å²) in [4.78, 5) is 58.7. The van der Waals surface area contributed by atoms with Gasteiger partial charge in [-0.3, -0.25) is 9.59 Å². The Morgan fingerprint density at radius 3 is 2.38 bits per heavy atom. The second-order valence-electron chi connectivity index (χ2n) is 17.9. The van der Waals surface area contributed by atoms with E-state index in [2.05, 4.69) is 4.98 Å². The zero-order valence-electron chi connectivity index (χ0n) is 38.9. The molecule has 3 aliphatic rings. The van der Waals surface area contributed by atoms with Crippen LogP contribution in [0.15, 0.2) is 60.7 Å². The van der Waals surface area contributed by atoms with Crippen molar-refractivity contribution in [3.8, 4) is 0 Å². The van der Waals surface area contributed by atoms with E-state index < -0.39 is 121 Å². The number of carbonyl (C=O) groups is 4. The molecule has 65 heavy (non-hydrogen) atoms. The van der Waals surface area contributed by atoms with Gasteiger partial charge in [-0.15, -0.1) is 0 Å². The van der Waals surface area contributed by atoms with E-state index in [-0.39, 0.29) is 31.4 Å². The first-order valence-electron chi connectivity index (χ1n) is 22.5. The van der Waals surface area contributed by atoms with Crippen LogP contribution in [0.4, 0.5) is 0 Å². The van der Waals surface area contributed by atoms with Crippen molar-refractivity contribution in [1.82, 2.24) is 9.88 Å². The van der Waals surface area contributed by atoms with Crippen LogP contribution in [0.25, 0.3) is 10.9 Å². The maximum atomic E-state index is 14.0. The van der Waals surface area contributed by atoms with Gasteiger partial charge in [-0.2, -0.15) is 0 Å². The Morgan fingerprint density at radius 2 is 1.71 bits per heavy atom. The third-order valence-corrected chi connectivity index (χ3v) is 12.4. The number of para-hydroxylation sites is 1. The lowest BCUT2D eigenvalue weighted by Crippen LogP contribution is -2.66. The fourth-order valence-electron chi connectivity index (χ4n) is 8.94. The molecule has 1 aromatic carbocycles. The summed E-state index contributed by atoms with van der Waals surface area (Å²) >= 11 is 0. The van der Waals surface area contributed by atoms with Gasteiger partial charge in [0.2, 0.25) is 0 Å². The molecular formula is C48H68N2O15. The highest BCUT2D eigenvalue weighted by molar-refractivity contribution is 5.91. The van der Waals surface area contributed by atoms with Crippen LogP contribution < -0.4 is 0 Å². The number of aliphatic hydroxyl groups is 3. The van der Waals surface area contributed by atoms with Gasteiger partial charge < -0.3 is 62.9 Å². The van der Waals surface area contributed by atoms with Crippen molar-refractivity contribution < 1.29 is 72.4 Å². The number of hydrogen-bond donors (Lipinski definition) is 3. The van der Waals surface area contributed by atoms with Crippen LogP contribution >= 0.6 is 0 Å². The van der Waals surface area contributed by atoms with Crippen LogP contribution in [0.1, 0.15) is 90.6 Å². The second kappa shape index (κ2) is 23.5. The fourth-order valence-corrected chi connectivity index (χ4v) is 8.94. The summed E-state index contributed by atoms with van der Waals surface area (Å²) < 4.78 is 49.4. The van der Waals surface area contributed by atoms with E-state index in [1.807, 2.05) is 19.1 Å². The molecule has 0 amide bonds. The van der Waals surface area contributed by atoms with Gasteiger partial charge in [-0.05, 0) is 72.2 Å². The summed E-state index contributed by atoms with van der Waals surface area (Å²) in [5.41, 5.74) is -0.994. The fraction of sp³-hybridized carbons (Fsp3) is 0.646. The summed E-state index contributed by atoms with van der Waals surface area (Å²) in [6.45, 7) is 10.1. The molecule has 0 saturated carbocycles. The molecule has 5 rings (SSSR count). The number of likely N-dealkylation sites (N-methyl/N-ethyl adjacent to an activating group) is 1. The topological polar surface area (TPSA) is 219 Å². The average Bonchev–Trinajstić information content (AvgIpc) is 3.25. The summed E-state index contributed by atoms with van der Waals surface area (Å²) in [5.74, 6) is -3.25. The smallest absolute Gasteiger partial charge is 0.357 e. The number of aldehydes is 1. The number of nitrogens with zero attached hydrogens (tertiary/aromatic N) is 2. The van der Waals surface area contributed by atoms with E-state index in [4.69, 9.17) is 37.9 Å². The molecule has 0 radical (unpaired) electrons. The zero-order valence-corrected chi connectivity index (χ0v) is 38.9. The van der Waals surface area contributed by atoms with Crippen LogP contribution in [0.2, 0.25) is 0 Å². The monoisotopic (exact) mass is 912 g/mol. The molecular weight excluding hydrogens is 845 g/mol. The van der Waals surface area contributed by atoms with E-state index in [0.717, 1.165) is 5.39 Å². The number of aromatic nitrogens is 1. The minimum atomic E-state index is -1.51. The molecule has 2 fully saturated rings. The molecule has 3 N–H and O–H groups in total. The predicted molar refractivity (Wildman–Crippen MR) is 236 cm³/mol. The Bertz CT molecular complexity index is 1960. The largest absolute Gasteiger partial charge is 0.462 e. The van der Waals surface area contributed by atoms with Crippen LogP contribution in [0.5, 0.6) is 0 Å². The van der Waals surface area contributed by atoms with E-state index in [0.29, 0.717) is 18.2 Å². The number of fused-ring (bicyclic) bond motifs is 1. The molecule has 0 spiro atoms. The quantitative estimate of drug-likeness (QED) is 0.154. The number of cyclic esters (lactones) is 1. The first kappa shape index (κ1) is 51.8. The number of rotatable bonds is 12. The second-order valence-corrected chi connectivity index (χ2v) is 17.9. The van der Waals surface area contributed by atoms with E-state index in [9.17, 15) is 34.5 Å². The van der Waals surface area contributed by atoms with E-state index >= 15 is 0 Å². The number of aliphatic hydroxyl groups excluding tert-OH is 2. The Morgan fingerprint density at radius 1 is 0.969 bits per heavy atom. The number of hydrogen-bond acceptors (Lipinski definition) is 17. The van der Waals surface area contributed by atoms with Gasteiger partial charge in [0, 0.05) is 38.2 Å². The van der Waals surface area contributed by atoms with Gasteiger partial charge >= 0.3 is 17.9 Å². The highest BCUT2D eigenvalue weighted by Gasteiger charge is 2.53. The summed E-state index contributed by atoms with van der Waals surface area (Å²) in [6.07, 6.45) is -5.02. The normalized spacial score (nSPS) is 37.5. The third-order valence-electron chi connectivity index (χ3n) is 12.4. The van der Waals surface area contributed by atoms with Gasteiger partial charge in [-0.25, -0.2) is 9.78 Å². The minimum absolute atomic E-state index is 0.0296. The molecule has 0 bridgehead atoms. The SMILES string of the molecule is CCC(=O)O[C@H]1[C@H](C)O[C@@H](O[C@H]2[C@H](N(C)C)[C@@H](O)[C@H](O[C@H]3[C@@H](CC=O)C[C@@H](C)[C@@H](O)/C=C/C=C/C[C@@H](C)OC(=O)C[C@@H](OC(=O)c4ccc5ccccc5n4)[C@@H]3OC)O[C@@H]2C)C[C@@]1(C)O. The van der Waals surface area contributed by atoms with Gasteiger partial charge in [-0.1, -0.05) is 62.4 Å². The number of ether oxygens (including phenoxy) is 8. The Kier molecular flexibility index (Phi) is 18.7. The zero-order chi connectivity index (χ0) is 47.6. The molecule has 0 aliphatic carbocycles. The third kappa shape index (κ3) is 13.5. The Balaban J connectivity index is 1.50. The molecule has 2 saturated heterocycles. The maximum absolute atomic E-state index is 14.0. The number of benzene rings is 1. The van der Waals surface area contributed by atoms with Crippen molar-refractivity contribution in [3.05, 3.63) is 66.4 Å². The standard InChI is InChI=1S/C48H68N2O15/c1-10-37(53)63-45-30(5)60-39(26-48(45,6)57)64-42-29(4)61-47(41(55)40(42)50(7)8)65-43-32(22-23-51)24-27(2)35(52)19-13-11-12-16-28(3)59-38(54)25-36(44(43)58-9)62-46(56)34-21-20-31-17-14-15-18-33(31)49-34/h11-15,17-21,23,27-30,32,35-36,39-45,47,52,55,57H,10,16,22,24-26H2,1-9H3/b12-11+,19-13+/t27-,28-,29-,30+,32+,35+,36-,39+,40-,41-,42-,43+,44+,45+,47+,48-/m1/s1. The van der Waals surface area contributed by atoms with Crippen molar-refractivity contribution in [2.75, 3.05) is 21.2 Å². The first-order chi connectivity index (χ1) is 30.9. The lowest BCUT2D eigenvalue weighted by molar-refractivity contribution is -0.344. The van der Waals surface area contributed by atoms with Crippen molar-refractivity contribution in [1.29, 1.82) is 0 Å². The van der Waals surface area contributed by atoms with E-state index in [1.165, 1.54) is 13.2 Å². The molecule has 3 aliphatic heterocycles. The molecule has 2 aromatic rings. The minimum Gasteiger partial charge on any atom is -0.462 e. The maximum Gasteiger partial charge on any atom is 0.357 e.